The Morgan fingerprint density at radius 3 is 2.43 bits per heavy atom. The minimum Gasteiger partial charge on any atom is -0.391 e. The molecule has 2 rings (SSSR count). The molecule has 1 fully saturated rings. The number of halogens is 2. The molecule has 0 aromatic heterocycles. The van der Waals surface area contributed by atoms with Crippen molar-refractivity contribution in [3.63, 3.8) is 0 Å². The average molecular weight is 319 g/mol. The van der Waals surface area contributed by atoms with E-state index in [1.807, 2.05) is 0 Å². The van der Waals surface area contributed by atoms with Crippen LogP contribution >= 0.6 is 0 Å². The zero-order valence-electron chi connectivity index (χ0n) is 11.8. The summed E-state index contributed by atoms with van der Waals surface area (Å²) in [6.45, 7) is 1.86. The van der Waals surface area contributed by atoms with Crippen molar-refractivity contribution in [3.8, 4) is 0 Å². The van der Waals surface area contributed by atoms with Crippen LogP contribution in [0.2, 0.25) is 0 Å². The summed E-state index contributed by atoms with van der Waals surface area (Å²) in [6.07, 6.45) is 2.48. The predicted molar refractivity (Wildman–Crippen MR) is 74.1 cm³/mol. The highest BCUT2D eigenvalue weighted by atomic mass is 32.2. The molecule has 0 aliphatic carbocycles. The van der Waals surface area contributed by atoms with E-state index < -0.39 is 38.7 Å². The number of rotatable bonds is 4. The van der Waals surface area contributed by atoms with Crippen LogP contribution in [-0.4, -0.2) is 30.9 Å². The van der Waals surface area contributed by atoms with Crippen molar-refractivity contribution in [2.75, 3.05) is 13.1 Å². The fourth-order valence-electron chi connectivity index (χ4n) is 2.62. The molecule has 118 valence electrons. The van der Waals surface area contributed by atoms with Crippen LogP contribution in [-0.2, 0) is 16.6 Å². The summed E-state index contributed by atoms with van der Waals surface area (Å²) in [4.78, 5) is -0.567. The second-order valence-electron chi connectivity index (χ2n) is 5.25. The number of nitrogens with zero attached hydrogens (tertiary/aromatic N) is 1. The number of hydrogen-bond donors (Lipinski definition) is 1. The molecule has 1 aliphatic heterocycles. The van der Waals surface area contributed by atoms with Gasteiger partial charge in [-0.15, -0.1) is 0 Å². The number of aliphatic hydroxyl groups is 1. The summed E-state index contributed by atoms with van der Waals surface area (Å²) in [7, 11) is -3.99. The van der Waals surface area contributed by atoms with Crippen molar-refractivity contribution in [1.29, 1.82) is 0 Å². The lowest BCUT2D eigenvalue weighted by atomic mass is 9.96. The molecule has 0 atom stereocenters. The highest BCUT2D eigenvalue weighted by Gasteiger charge is 2.32. The normalized spacial score (nSPS) is 18.1. The molecular weight excluding hydrogens is 300 g/mol. The fourth-order valence-corrected chi connectivity index (χ4v) is 4.18. The molecule has 21 heavy (non-hydrogen) atoms. The molecule has 0 bridgehead atoms. The van der Waals surface area contributed by atoms with E-state index >= 15 is 0 Å². The third kappa shape index (κ3) is 3.09. The second kappa shape index (κ2) is 6.37. The van der Waals surface area contributed by atoms with Crippen molar-refractivity contribution in [3.05, 3.63) is 29.3 Å². The maximum absolute atomic E-state index is 14.1. The van der Waals surface area contributed by atoms with Gasteiger partial charge in [0.25, 0.3) is 0 Å². The van der Waals surface area contributed by atoms with Crippen LogP contribution in [0.1, 0.15) is 31.7 Å². The van der Waals surface area contributed by atoms with Crippen LogP contribution in [0, 0.1) is 17.6 Å². The van der Waals surface area contributed by atoms with E-state index in [9.17, 15) is 17.2 Å². The third-order valence-electron chi connectivity index (χ3n) is 4.08. The Labute approximate surface area is 123 Å². The van der Waals surface area contributed by atoms with Gasteiger partial charge >= 0.3 is 0 Å². The van der Waals surface area contributed by atoms with Gasteiger partial charge in [0.1, 0.15) is 10.7 Å². The smallest absolute Gasteiger partial charge is 0.245 e. The van der Waals surface area contributed by atoms with Crippen molar-refractivity contribution < 1.29 is 22.3 Å². The summed E-state index contributed by atoms with van der Waals surface area (Å²) >= 11 is 0. The van der Waals surface area contributed by atoms with Crippen molar-refractivity contribution >= 4 is 10.0 Å². The molecule has 0 radical (unpaired) electrons. The molecule has 4 nitrogen and oxygen atoms in total. The molecule has 1 heterocycles. The van der Waals surface area contributed by atoms with E-state index in [1.165, 1.54) is 4.31 Å². The Morgan fingerprint density at radius 1 is 1.29 bits per heavy atom. The number of piperidine rings is 1. The first-order valence-electron chi connectivity index (χ1n) is 6.99. The molecule has 1 aliphatic rings. The van der Waals surface area contributed by atoms with Gasteiger partial charge < -0.3 is 5.11 Å². The first kappa shape index (κ1) is 16.3. The van der Waals surface area contributed by atoms with Crippen LogP contribution in [0.3, 0.4) is 0 Å². The molecule has 0 unspecified atom stereocenters. The summed E-state index contributed by atoms with van der Waals surface area (Å²) < 4.78 is 53.6. The van der Waals surface area contributed by atoms with Crippen LogP contribution in [0.4, 0.5) is 8.78 Å². The fraction of sp³-hybridized carbons (Fsp3) is 0.571. The van der Waals surface area contributed by atoms with Crippen LogP contribution in [0.5, 0.6) is 0 Å². The Kier molecular flexibility index (Phi) is 4.95. The SMILES string of the molecule is CCC1CCN(S(=O)(=O)c2ccc(F)c(CO)c2F)CC1. The summed E-state index contributed by atoms with van der Waals surface area (Å²) in [5.74, 6) is -1.66. The Hall–Kier alpha value is -1.05. The predicted octanol–water partition coefficient (Wildman–Crippen LogP) is 2.27. The first-order valence-corrected chi connectivity index (χ1v) is 8.43. The van der Waals surface area contributed by atoms with E-state index in [-0.39, 0.29) is 0 Å². The Morgan fingerprint density at radius 2 is 1.90 bits per heavy atom. The van der Waals surface area contributed by atoms with Gasteiger partial charge in [0.2, 0.25) is 10.0 Å². The molecule has 1 aromatic rings. The van der Waals surface area contributed by atoms with E-state index in [2.05, 4.69) is 6.92 Å². The Balaban J connectivity index is 2.33. The minimum atomic E-state index is -3.99. The minimum absolute atomic E-state index is 0.339. The van der Waals surface area contributed by atoms with Crippen molar-refractivity contribution in [1.82, 2.24) is 4.31 Å². The molecular formula is C14H19F2NO3S. The summed E-state index contributed by atoms with van der Waals surface area (Å²) in [5, 5.41) is 8.98. The monoisotopic (exact) mass is 319 g/mol. The van der Waals surface area contributed by atoms with E-state index in [0.717, 1.165) is 31.4 Å². The molecule has 1 saturated heterocycles. The standard InChI is InChI=1S/C14H19F2NO3S/c1-2-10-5-7-17(8-6-10)21(19,20)13-4-3-12(15)11(9-18)14(13)16/h3-4,10,18H,2,5-9H2,1H3. The van der Waals surface area contributed by atoms with Gasteiger partial charge in [0.05, 0.1) is 12.2 Å². The molecule has 0 spiro atoms. The van der Waals surface area contributed by atoms with E-state index in [4.69, 9.17) is 5.11 Å². The largest absolute Gasteiger partial charge is 0.391 e. The van der Waals surface area contributed by atoms with Crippen LogP contribution in [0.25, 0.3) is 0 Å². The van der Waals surface area contributed by atoms with E-state index in [0.29, 0.717) is 19.0 Å². The highest BCUT2D eigenvalue weighted by Crippen LogP contribution is 2.28. The molecule has 1 aromatic carbocycles. The molecule has 0 amide bonds. The number of sulfonamides is 1. The zero-order valence-corrected chi connectivity index (χ0v) is 12.7. The summed E-state index contributed by atoms with van der Waals surface area (Å²) in [5.41, 5.74) is -0.612. The number of hydrogen-bond acceptors (Lipinski definition) is 3. The maximum atomic E-state index is 14.1. The van der Waals surface area contributed by atoms with Crippen molar-refractivity contribution in [2.45, 2.75) is 37.7 Å². The molecule has 0 saturated carbocycles. The van der Waals surface area contributed by atoms with Gasteiger partial charge in [-0.25, -0.2) is 17.2 Å². The first-order chi connectivity index (χ1) is 9.91. The van der Waals surface area contributed by atoms with Gasteiger partial charge in [0, 0.05) is 13.1 Å². The quantitative estimate of drug-likeness (QED) is 0.926. The van der Waals surface area contributed by atoms with Crippen LogP contribution < -0.4 is 0 Å². The van der Waals surface area contributed by atoms with Gasteiger partial charge in [-0.2, -0.15) is 4.31 Å². The van der Waals surface area contributed by atoms with Gasteiger partial charge in [0.15, 0.2) is 5.82 Å². The lowest BCUT2D eigenvalue weighted by molar-refractivity contribution is 0.263. The Bertz CT molecular complexity index is 611. The van der Waals surface area contributed by atoms with Gasteiger partial charge in [-0.1, -0.05) is 13.3 Å². The zero-order chi connectivity index (χ0) is 15.6. The van der Waals surface area contributed by atoms with Gasteiger partial charge in [-0.05, 0) is 30.9 Å². The lowest BCUT2D eigenvalue weighted by Gasteiger charge is -2.30. The average Bonchev–Trinajstić information content (AvgIpc) is 2.47. The number of aliphatic hydroxyl groups excluding tert-OH is 1. The molecule has 7 heteroatoms. The van der Waals surface area contributed by atoms with E-state index in [1.54, 1.807) is 0 Å². The van der Waals surface area contributed by atoms with Crippen LogP contribution in [0.15, 0.2) is 17.0 Å². The summed E-state index contributed by atoms with van der Waals surface area (Å²) in [6, 6.07) is 1.80. The number of benzene rings is 1. The lowest BCUT2D eigenvalue weighted by Crippen LogP contribution is -2.38. The maximum Gasteiger partial charge on any atom is 0.245 e. The van der Waals surface area contributed by atoms with Gasteiger partial charge in [-0.3, -0.25) is 0 Å². The topological polar surface area (TPSA) is 57.6 Å². The molecule has 1 N–H and O–H groups in total. The highest BCUT2D eigenvalue weighted by molar-refractivity contribution is 7.89. The second-order valence-corrected chi connectivity index (χ2v) is 7.16. The third-order valence-corrected chi connectivity index (χ3v) is 5.99. The van der Waals surface area contributed by atoms with Crippen molar-refractivity contribution in [2.24, 2.45) is 5.92 Å².